The molecule has 0 bridgehead atoms. The third-order valence-corrected chi connectivity index (χ3v) is 3.16. The second-order valence-corrected chi connectivity index (χ2v) is 4.87. The van der Waals surface area contributed by atoms with Gasteiger partial charge in [-0.15, -0.1) is 0 Å². The molecular formula is C14H8Cl2F2N2. The van der Waals surface area contributed by atoms with Crippen LogP contribution in [0.4, 0.5) is 14.5 Å². The van der Waals surface area contributed by atoms with Gasteiger partial charge >= 0.3 is 0 Å². The highest BCUT2D eigenvalue weighted by molar-refractivity contribution is 6.39. The van der Waals surface area contributed by atoms with Gasteiger partial charge in [0.15, 0.2) is 0 Å². The van der Waals surface area contributed by atoms with Crippen LogP contribution < -0.4 is 5.32 Å². The zero-order valence-electron chi connectivity index (χ0n) is 10.1. The zero-order valence-corrected chi connectivity index (χ0v) is 11.6. The molecule has 2 aromatic carbocycles. The van der Waals surface area contributed by atoms with Crippen molar-refractivity contribution in [1.82, 2.24) is 0 Å². The van der Waals surface area contributed by atoms with E-state index in [0.29, 0.717) is 11.3 Å². The number of anilines is 1. The monoisotopic (exact) mass is 312 g/mol. The highest BCUT2D eigenvalue weighted by Crippen LogP contribution is 2.31. The summed E-state index contributed by atoms with van der Waals surface area (Å²) in [6.45, 7) is 0.206. The van der Waals surface area contributed by atoms with Crippen molar-refractivity contribution < 1.29 is 8.78 Å². The van der Waals surface area contributed by atoms with Crippen molar-refractivity contribution >= 4 is 28.9 Å². The molecule has 0 radical (unpaired) electrons. The van der Waals surface area contributed by atoms with Crippen LogP contribution in [0.15, 0.2) is 30.3 Å². The van der Waals surface area contributed by atoms with Gasteiger partial charge in [0.05, 0.1) is 27.4 Å². The summed E-state index contributed by atoms with van der Waals surface area (Å²) in [5.74, 6) is -1.04. The van der Waals surface area contributed by atoms with Crippen molar-refractivity contribution in [3.63, 3.8) is 0 Å². The van der Waals surface area contributed by atoms with E-state index in [4.69, 9.17) is 28.5 Å². The fraction of sp³-hybridized carbons (Fsp3) is 0.0714. The van der Waals surface area contributed by atoms with Crippen molar-refractivity contribution in [2.45, 2.75) is 6.54 Å². The average molecular weight is 313 g/mol. The smallest absolute Gasteiger partial charge is 0.126 e. The van der Waals surface area contributed by atoms with Crippen molar-refractivity contribution in [2.75, 3.05) is 5.32 Å². The van der Waals surface area contributed by atoms with Crippen LogP contribution in [0.5, 0.6) is 0 Å². The van der Waals surface area contributed by atoms with Gasteiger partial charge in [-0.3, -0.25) is 0 Å². The summed E-state index contributed by atoms with van der Waals surface area (Å²) in [6.07, 6.45) is 0. The maximum atomic E-state index is 13.3. The topological polar surface area (TPSA) is 35.8 Å². The lowest BCUT2D eigenvalue weighted by atomic mass is 10.1. The number of nitrogens with one attached hydrogen (secondary N) is 1. The highest BCUT2D eigenvalue weighted by atomic mass is 35.5. The Hall–Kier alpha value is -1.83. The fourth-order valence-corrected chi connectivity index (χ4v) is 2.31. The molecular weight excluding hydrogens is 305 g/mol. The van der Waals surface area contributed by atoms with Crippen molar-refractivity contribution in [3.05, 3.63) is 63.1 Å². The first-order chi connectivity index (χ1) is 9.49. The van der Waals surface area contributed by atoms with Crippen LogP contribution in [0.2, 0.25) is 10.0 Å². The lowest BCUT2D eigenvalue weighted by Crippen LogP contribution is -2.02. The second-order valence-electron chi connectivity index (χ2n) is 4.06. The molecule has 0 amide bonds. The third-order valence-electron chi connectivity index (χ3n) is 2.56. The summed E-state index contributed by atoms with van der Waals surface area (Å²) >= 11 is 11.8. The SMILES string of the molecule is N#Cc1cc(F)cc(CNc2c(Cl)cc(F)cc2Cl)c1. The molecule has 0 unspecified atom stereocenters. The molecule has 20 heavy (non-hydrogen) atoms. The fourth-order valence-electron chi connectivity index (χ4n) is 1.72. The van der Waals surface area contributed by atoms with Gasteiger partial charge in [-0.2, -0.15) is 5.26 Å². The second kappa shape index (κ2) is 6.08. The Labute approximate surface area is 124 Å². The summed E-state index contributed by atoms with van der Waals surface area (Å²) in [5, 5.41) is 11.9. The van der Waals surface area contributed by atoms with Crippen LogP contribution in [0.25, 0.3) is 0 Å². The van der Waals surface area contributed by atoms with Crippen LogP contribution in [0.3, 0.4) is 0 Å². The summed E-state index contributed by atoms with van der Waals surface area (Å²) in [5.41, 5.74) is 1.13. The molecule has 0 aliphatic rings. The number of halogens is 4. The maximum absolute atomic E-state index is 13.3. The van der Waals surface area contributed by atoms with E-state index in [1.807, 2.05) is 6.07 Å². The predicted octanol–water partition coefficient (Wildman–Crippen LogP) is 4.76. The van der Waals surface area contributed by atoms with Gasteiger partial charge in [0.1, 0.15) is 11.6 Å². The number of benzene rings is 2. The van der Waals surface area contributed by atoms with E-state index >= 15 is 0 Å². The van der Waals surface area contributed by atoms with Gasteiger partial charge in [0.25, 0.3) is 0 Å². The van der Waals surface area contributed by atoms with E-state index in [1.54, 1.807) is 6.07 Å². The number of hydrogen-bond acceptors (Lipinski definition) is 2. The summed E-state index contributed by atoms with van der Waals surface area (Å²) < 4.78 is 26.3. The lowest BCUT2D eigenvalue weighted by molar-refractivity contribution is 0.625. The molecule has 0 heterocycles. The summed E-state index contributed by atoms with van der Waals surface area (Å²) in [6, 6.07) is 8.10. The molecule has 6 heteroatoms. The van der Waals surface area contributed by atoms with Crippen LogP contribution in [0.1, 0.15) is 11.1 Å². The van der Waals surface area contributed by atoms with Gasteiger partial charge in [-0.1, -0.05) is 23.2 Å². The van der Waals surface area contributed by atoms with Gasteiger partial charge in [0.2, 0.25) is 0 Å². The molecule has 2 aromatic rings. The molecule has 0 aliphatic heterocycles. The van der Waals surface area contributed by atoms with Gasteiger partial charge in [-0.05, 0) is 35.9 Å². The van der Waals surface area contributed by atoms with E-state index in [2.05, 4.69) is 5.32 Å². The van der Waals surface area contributed by atoms with Crippen LogP contribution in [0, 0.1) is 23.0 Å². The Morgan fingerprint density at radius 2 is 1.60 bits per heavy atom. The van der Waals surface area contributed by atoms with Crippen molar-refractivity contribution in [1.29, 1.82) is 5.26 Å². The first kappa shape index (κ1) is 14.6. The number of rotatable bonds is 3. The lowest BCUT2D eigenvalue weighted by Gasteiger charge is -2.11. The molecule has 2 nitrogen and oxygen atoms in total. The highest BCUT2D eigenvalue weighted by Gasteiger charge is 2.09. The number of nitrogens with zero attached hydrogens (tertiary/aromatic N) is 1. The first-order valence-corrected chi connectivity index (χ1v) is 6.33. The van der Waals surface area contributed by atoms with Gasteiger partial charge in [-0.25, -0.2) is 8.78 Å². The minimum absolute atomic E-state index is 0.131. The molecule has 0 spiro atoms. The van der Waals surface area contributed by atoms with E-state index in [-0.39, 0.29) is 22.2 Å². The Balaban J connectivity index is 2.21. The Morgan fingerprint density at radius 1 is 1.00 bits per heavy atom. The van der Waals surface area contributed by atoms with E-state index in [0.717, 1.165) is 18.2 Å². The standard InChI is InChI=1S/C14H8Cl2F2N2/c15-12-4-11(18)5-13(16)14(12)20-7-9-1-8(6-19)2-10(17)3-9/h1-5,20H,7H2. The molecule has 0 fully saturated rings. The molecule has 0 saturated carbocycles. The van der Waals surface area contributed by atoms with Crippen molar-refractivity contribution in [2.24, 2.45) is 0 Å². The molecule has 102 valence electrons. The molecule has 0 atom stereocenters. The molecule has 2 rings (SSSR count). The normalized spacial score (nSPS) is 10.2. The van der Waals surface area contributed by atoms with E-state index < -0.39 is 11.6 Å². The summed E-state index contributed by atoms with van der Waals surface area (Å²) in [4.78, 5) is 0. The zero-order chi connectivity index (χ0) is 14.7. The Morgan fingerprint density at radius 3 is 2.20 bits per heavy atom. The molecule has 0 saturated heterocycles. The van der Waals surface area contributed by atoms with Crippen LogP contribution >= 0.6 is 23.2 Å². The quantitative estimate of drug-likeness (QED) is 0.887. The van der Waals surface area contributed by atoms with Crippen molar-refractivity contribution in [3.8, 4) is 6.07 Å². The first-order valence-electron chi connectivity index (χ1n) is 5.57. The van der Waals surface area contributed by atoms with E-state index in [1.165, 1.54) is 6.07 Å². The Kier molecular flexibility index (Phi) is 4.43. The Bertz CT molecular complexity index is 673. The third kappa shape index (κ3) is 3.38. The average Bonchev–Trinajstić information content (AvgIpc) is 2.36. The predicted molar refractivity (Wildman–Crippen MR) is 74.9 cm³/mol. The number of nitriles is 1. The number of hydrogen-bond donors (Lipinski definition) is 1. The molecule has 0 aliphatic carbocycles. The molecule has 0 aromatic heterocycles. The minimum atomic E-state index is -0.539. The minimum Gasteiger partial charge on any atom is -0.379 e. The summed E-state index contributed by atoms with van der Waals surface area (Å²) in [7, 11) is 0. The van der Waals surface area contributed by atoms with Crippen LogP contribution in [-0.2, 0) is 6.54 Å². The van der Waals surface area contributed by atoms with Crippen LogP contribution in [-0.4, -0.2) is 0 Å². The maximum Gasteiger partial charge on any atom is 0.126 e. The van der Waals surface area contributed by atoms with Gasteiger partial charge in [0, 0.05) is 6.54 Å². The van der Waals surface area contributed by atoms with Gasteiger partial charge < -0.3 is 5.32 Å². The largest absolute Gasteiger partial charge is 0.379 e. The van der Waals surface area contributed by atoms with E-state index in [9.17, 15) is 8.78 Å². The molecule has 1 N–H and O–H groups in total.